The Labute approximate surface area is 191 Å². The summed E-state index contributed by atoms with van der Waals surface area (Å²) in [5.41, 5.74) is 4.75. The molecule has 4 aromatic rings. The third kappa shape index (κ3) is 5.21. The number of anilines is 1. The van der Waals surface area contributed by atoms with Gasteiger partial charge in [0.15, 0.2) is 5.76 Å². The van der Waals surface area contributed by atoms with E-state index >= 15 is 0 Å². The van der Waals surface area contributed by atoms with Crippen LogP contribution < -0.4 is 10.1 Å². The van der Waals surface area contributed by atoms with Gasteiger partial charge in [0, 0.05) is 16.4 Å². The van der Waals surface area contributed by atoms with Crippen molar-refractivity contribution >= 4 is 23.2 Å². The molecule has 0 radical (unpaired) electrons. The molecule has 0 unspecified atom stereocenters. The molecule has 0 bridgehead atoms. The van der Waals surface area contributed by atoms with Gasteiger partial charge in [0.05, 0.1) is 12.2 Å². The minimum Gasteiger partial charge on any atom is -0.485 e. The van der Waals surface area contributed by atoms with Crippen LogP contribution in [0.2, 0.25) is 5.02 Å². The monoisotopic (exact) mass is 449 g/mol. The number of aromatic nitrogens is 2. The van der Waals surface area contributed by atoms with Crippen molar-refractivity contribution in [3.63, 3.8) is 0 Å². The molecule has 2 aromatic heterocycles. The Morgan fingerprint density at radius 2 is 1.94 bits per heavy atom. The van der Waals surface area contributed by atoms with Gasteiger partial charge in [-0.05, 0) is 80.4 Å². The maximum atomic E-state index is 12.6. The van der Waals surface area contributed by atoms with E-state index in [0.717, 1.165) is 28.3 Å². The second-order valence-electron chi connectivity index (χ2n) is 7.70. The number of ether oxygens (including phenoxy) is 1. The van der Waals surface area contributed by atoms with Crippen molar-refractivity contribution in [1.82, 2.24) is 9.78 Å². The Morgan fingerprint density at radius 3 is 2.69 bits per heavy atom. The molecule has 0 aliphatic heterocycles. The summed E-state index contributed by atoms with van der Waals surface area (Å²) in [5.74, 6) is 1.18. The van der Waals surface area contributed by atoms with E-state index in [0.29, 0.717) is 23.0 Å². The fourth-order valence-electron chi connectivity index (χ4n) is 3.45. The highest BCUT2D eigenvalue weighted by Crippen LogP contribution is 2.23. The second-order valence-corrected chi connectivity index (χ2v) is 8.14. The number of hydrogen-bond acceptors (Lipinski definition) is 4. The molecule has 0 aliphatic carbocycles. The van der Waals surface area contributed by atoms with E-state index in [2.05, 4.69) is 10.4 Å². The van der Waals surface area contributed by atoms with E-state index in [4.69, 9.17) is 20.8 Å². The maximum Gasteiger partial charge on any atom is 0.291 e. The minimum atomic E-state index is -0.317. The van der Waals surface area contributed by atoms with Crippen molar-refractivity contribution < 1.29 is 13.9 Å². The molecule has 0 aliphatic rings. The van der Waals surface area contributed by atoms with Crippen LogP contribution in [0.25, 0.3) is 0 Å². The number of carbonyl (C=O) groups is 1. The molecule has 164 valence electrons. The minimum absolute atomic E-state index is 0.216. The first-order valence-electron chi connectivity index (χ1n) is 10.3. The number of rotatable bonds is 7. The van der Waals surface area contributed by atoms with E-state index in [9.17, 15) is 4.79 Å². The molecule has 1 N–H and O–H groups in total. The van der Waals surface area contributed by atoms with E-state index < -0.39 is 0 Å². The van der Waals surface area contributed by atoms with E-state index in [-0.39, 0.29) is 18.3 Å². The van der Waals surface area contributed by atoms with E-state index in [1.807, 2.05) is 67.9 Å². The molecule has 2 heterocycles. The maximum absolute atomic E-state index is 12.6. The van der Waals surface area contributed by atoms with Crippen molar-refractivity contribution in [2.45, 2.75) is 33.9 Å². The first-order valence-corrected chi connectivity index (χ1v) is 10.6. The fraction of sp³-hybridized carbons (Fsp3) is 0.200. The molecule has 0 fully saturated rings. The SMILES string of the molecule is Cc1cc(C)n(Cc2cccc(NC(=O)c3ccc(COc4ccc(Cl)cc4C)o3)c2)n1. The summed E-state index contributed by atoms with van der Waals surface area (Å²) in [7, 11) is 0. The summed E-state index contributed by atoms with van der Waals surface area (Å²) < 4.78 is 13.4. The van der Waals surface area contributed by atoms with Gasteiger partial charge >= 0.3 is 0 Å². The van der Waals surface area contributed by atoms with Crippen LogP contribution in [-0.4, -0.2) is 15.7 Å². The standard InChI is InChI=1S/C25H24ClN3O3/c1-16-11-20(26)7-9-23(16)31-15-22-8-10-24(32-22)25(30)27-21-6-4-5-19(13-21)14-29-18(3)12-17(2)28-29/h4-13H,14-15H2,1-3H3,(H,27,30). The lowest BCUT2D eigenvalue weighted by molar-refractivity contribution is 0.0992. The van der Waals surface area contributed by atoms with E-state index in [1.165, 1.54) is 0 Å². The van der Waals surface area contributed by atoms with Crippen LogP contribution in [0.15, 0.2) is 65.1 Å². The predicted molar refractivity (Wildman–Crippen MR) is 124 cm³/mol. The number of aryl methyl sites for hydroxylation is 3. The first kappa shape index (κ1) is 21.7. The van der Waals surface area contributed by atoms with Crippen LogP contribution in [0, 0.1) is 20.8 Å². The Hall–Kier alpha value is -3.51. The van der Waals surface area contributed by atoms with Crippen molar-refractivity contribution in [3.8, 4) is 5.75 Å². The molecule has 0 saturated heterocycles. The molecule has 7 heteroatoms. The van der Waals surface area contributed by atoms with Crippen LogP contribution >= 0.6 is 11.6 Å². The zero-order valence-corrected chi connectivity index (χ0v) is 18.9. The average Bonchev–Trinajstić information content (AvgIpc) is 3.34. The molecular weight excluding hydrogens is 426 g/mol. The van der Waals surface area contributed by atoms with Gasteiger partial charge in [0.2, 0.25) is 0 Å². The predicted octanol–water partition coefficient (Wildman–Crippen LogP) is 5.93. The fourth-order valence-corrected chi connectivity index (χ4v) is 3.68. The summed E-state index contributed by atoms with van der Waals surface area (Å²) in [6.45, 7) is 6.77. The topological polar surface area (TPSA) is 69.3 Å². The van der Waals surface area contributed by atoms with Crippen LogP contribution in [-0.2, 0) is 13.2 Å². The molecular formula is C25H24ClN3O3. The Bertz CT molecular complexity index is 1260. The third-order valence-electron chi connectivity index (χ3n) is 5.01. The van der Waals surface area contributed by atoms with Gasteiger partial charge in [-0.2, -0.15) is 5.10 Å². The van der Waals surface area contributed by atoms with Gasteiger partial charge in [-0.3, -0.25) is 9.48 Å². The lowest BCUT2D eigenvalue weighted by Crippen LogP contribution is -2.11. The molecule has 0 spiro atoms. The summed E-state index contributed by atoms with van der Waals surface area (Å²) in [6.07, 6.45) is 0. The van der Waals surface area contributed by atoms with Crippen molar-refractivity contribution in [2.24, 2.45) is 0 Å². The van der Waals surface area contributed by atoms with Crippen molar-refractivity contribution in [1.29, 1.82) is 0 Å². The molecule has 32 heavy (non-hydrogen) atoms. The number of halogens is 1. The Balaban J connectivity index is 1.38. The number of amides is 1. The molecule has 2 aromatic carbocycles. The Kier molecular flexibility index (Phi) is 6.32. The smallest absolute Gasteiger partial charge is 0.291 e. The number of benzene rings is 2. The zero-order valence-electron chi connectivity index (χ0n) is 18.2. The lowest BCUT2D eigenvalue weighted by Gasteiger charge is -2.08. The summed E-state index contributed by atoms with van der Waals surface area (Å²) in [6, 6.07) is 18.5. The van der Waals surface area contributed by atoms with Gasteiger partial charge in [0.1, 0.15) is 18.1 Å². The van der Waals surface area contributed by atoms with Crippen LogP contribution in [0.1, 0.15) is 38.8 Å². The lowest BCUT2D eigenvalue weighted by atomic mass is 10.2. The molecule has 0 saturated carbocycles. The number of hydrogen-bond donors (Lipinski definition) is 1. The third-order valence-corrected chi connectivity index (χ3v) is 5.25. The van der Waals surface area contributed by atoms with Gasteiger partial charge in [0.25, 0.3) is 5.91 Å². The number of furan rings is 1. The first-order chi connectivity index (χ1) is 15.4. The van der Waals surface area contributed by atoms with E-state index in [1.54, 1.807) is 18.2 Å². The van der Waals surface area contributed by atoms with Gasteiger partial charge in [-0.1, -0.05) is 23.7 Å². The zero-order chi connectivity index (χ0) is 22.7. The van der Waals surface area contributed by atoms with Crippen molar-refractivity contribution in [3.05, 3.63) is 99.7 Å². The largest absolute Gasteiger partial charge is 0.485 e. The van der Waals surface area contributed by atoms with Crippen molar-refractivity contribution in [2.75, 3.05) is 5.32 Å². The summed E-state index contributed by atoms with van der Waals surface area (Å²) >= 11 is 5.97. The van der Waals surface area contributed by atoms with Crippen LogP contribution in [0.3, 0.4) is 0 Å². The second kappa shape index (κ2) is 9.32. The Morgan fingerprint density at radius 1 is 1.09 bits per heavy atom. The average molecular weight is 450 g/mol. The number of nitrogens with one attached hydrogen (secondary N) is 1. The molecule has 6 nitrogen and oxygen atoms in total. The highest BCUT2D eigenvalue weighted by atomic mass is 35.5. The van der Waals surface area contributed by atoms with Gasteiger partial charge in [-0.25, -0.2) is 0 Å². The number of nitrogens with zero attached hydrogens (tertiary/aromatic N) is 2. The van der Waals surface area contributed by atoms with Gasteiger partial charge in [-0.15, -0.1) is 0 Å². The van der Waals surface area contributed by atoms with Gasteiger partial charge < -0.3 is 14.5 Å². The normalized spacial score (nSPS) is 10.9. The summed E-state index contributed by atoms with van der Waals surface area (Å²) in [5, 5.41) is 8.04. The van der Waals surface area contributed by atoms with Crippen LogP contribution in [0.5, 0.6) is 5.75 Å². The quantitative estimate of drug-likeness (QED) is 0.379. The molecule has 4 rings (SSSR count). The highest BCUT2D eigenvalue weighted by molar-refractivity contribution is 6.30. The summed E-state index contributed by atoms with van der Waals surface area (Å²) in [4.78, 5) is 12.6. The molecule has 0 atom stereocenters. The number of carbonyl (C=O) groups excluding carboxylic acids is 1. The molecule has 1 amide bonds. The van der Waals surface area contributed by atoms with Crippen LogP contribution in [0.4, 0.5) is 5.69 Å². The highest BCUT2D eigenvalue weighted by Gasteiger charge is 2.13.